The largest absolute Gasteiger partial charge is 0.294 e. The first-order valence-electron chi connectivity index (χ1n) is 6.08. The highest BCUT2D eigenvalue weighted by Crippen LogP contribution is 2.21. The molecule has 0 unspecified atom stereocenters. The number of carbonyl (C=O) groups excluding carboxylic acids is 1. The smallest absolute Gasteiger partial charge is 0.167 e. The molecular formula is C15H9N3O. The van der Waals surface area contributed by atoms with Gasteiger partial charge in [0, 0.05) is 22.6 Å². The van der Waals surface area contributed by atoms with E-state index in [1.165, 1.54) is 0 Å². The van der Waals surface area contributed by atoms with Crippen LogP contribution < -0.4 is 10.4 Å². The van der Waals surface area contributed by atoms with Gasteiger partial charge in [-0.05, 0) is 22.1 Å². The molecule has 0 fully saturated rings. The molecule has 0 spiro atoms. The lowest BCUT2D eigenvalue weighted by Crippen LogP contribution is -2.26. The van der Waals surface area contributed by atoms with E-state index in [0.29, 0.717) is 6.42 Å². The molecule has 1 aromatic heterocycles. The average Bonchev–Trinajstić information content (AvgIpc) is 2.72. The van der Waals surface area contributed by atoms with Gasteiger partial charge in [0.15, 0.2) is 5.78 Å². The predicted molar refractivity (Wildman–Crippen MR) is 71.3 cm³/mol. The van der Waals surface area contributed by atoms with Gasteiger partial charge < -0.3 is 0 Å². The van der Waals surface area contributed by atoms with Gasteiger partial charge in [-0.15, -0.1) is 10.2 Å². The van der Waals surface area contributed by atoms with Gasteiger partial charge in [-0.25, -0.2) is 0 Å². The fraction of sp³-hybridized carbons (Fsp3) is 0.0667. The van der Waals surface area contributed by atoms with Gasteiger partial charge in [0.05, 0.1) is 6.20 Å². The van der Waals surface area contributed by atoms with Crippen molar-refractivity contribution in [3.05, 3.63) is 52.6 Å². The molecule has 0 aliphatic heterocycles. The maximum atomic E-state index is 12.2. The summed E-state index contributed by atoms with van der Waals surface area (Å²) in [7, 11) is 0. The van der Waals surface area contributed by atoms with Crippen molar-refractivity contribution in [1.82, 2.24) is 15.4 Å². The number of benzene rings is 1. The first-order chi connectivity index (χ1) is 9.34. The van der Waals surface area contributed by atoms with Crippen molar-refractivity contribution in [1.29, 1.82) is 0 Å². The van der Waals surface area contributed by atoms with Gasteiger partial charge in [-0.1, -0.05) is 30.4 Å². The van der Waals surface area contributed by atoms with Crippen LogP contribution in [0.2, 0.25) is 0 Å². The van der Waals surface area contributed by atoms with Gasteiger partial charge in [-0.3, -0.25) is 4.79 Å². The summed E-state index contributed by atoms with van der Waals surface area (Å²) >= 11 is 0. The highest BCUT2D eigenvalue weighted by atomic mass is 16.1. The number of rotatable bonds is 0. The fourth-order valence-corrected chi connectivity index (χ4v) is 2.64. The molecule has 0 amide bonds. The zero-order chi connectivity index (χ0) is 12.8. The summed E-state index contributed by atoms with van der Waals surface area (Å²) in [6.45, 7) is 0. The minimum absolute atomic E-state index is 0.149. The van der Waals surface area contributed by atoms with Crippen molar-refractivity contribution in [3.8, 4) is 0 Å². The molecule has 1 aromatic carbocycles. The second-order valence-corrected chi connectivity index (χ2v) is 4.60. The Morgan fingerprint density at radius 2 is 2.16 bits per heavy atom. The van der Waals surface area contributed by atoms with Crippen LogP contribution >= 0.6 is 0 Å². The summed E-state index contributed by atoms with van der Waals surface area (Å²) in [5, 5.41) is 14.4. The molecule has 4 heteroatoms. The monoisotopic (exact) mass is 247 g/mol. The number of Topliss-reactive ketones (excluding diaryl/α,β-unsaturated/α-hetero) is 1. The van der Waals surface area contributed by atoms with E-state index in [-0.39, 0.29) is 5.78 Å². The number of allylic oxidation sites excluding steroid dienone is 4. The zero-order valence-corrected chi connectivity index (χ0v) is 10.00. The highest BCUT2D eigenvalue weighted by molar-refractivity contribution is 6.25. The van der Waals surface area contributed by atoms with E-state index < -0.39 is 0 Å². The molecule has 1 heterocycles. The van der Waals surface area contributed by atoms with E-state index in [1.807, 2.05) is 36.4 Å². The van der Waals surface area contributed by atoms with Crippen LogP contribution in [-0.2, 0) is 4.79 Å². The summed E-state index contributed by atoms with van der Waals surface area (Å²) in [6.07, 6.45) is 9.93. The highest BCUT2D eigenvalue weighted by Gasteiger charge is 2.20. The number of aromatic nitrogens is 3. The van der Waals surface area contributed by atoms with E-state index in [0.717, 1.165) is 32.5 Å². The molecule has 0 radical (unpaired) electrons. The summed E-state index contributed by atoms with van der Waals surface area (Å²) in [5.74, 6) is 0.149. The zero-order valence-electron chi connectivity index (χ0n) is 10.00. The maximum absolute atomic E-state index is 12.2. The Bertz CT molecular complexity index is 907. The van der Waals surface area contributed by atoms with Crippen molar-refractivity contribution in [3.63, 3.8) is 0 Å². The van der Waals surface area contributed by atoms with Gasteiger partial charge >= 0.3 is 0 Å². The summed E-state index contributed by atoms with van der Waals surface area (Å²) < 4.78 is 0. The third kappa shape index (κ3) is 1.40. The standard InChI is InChI=1S/C15H9N3O/c19-13-4-2-1-3-9-7-12-11(14(9)13)6-5-10-8-16-18-17-15(10)12/h1-3,5-8H,4H2. The fourth-order valence-electron chi connectivity index (χ4n) is 2.64. The lowest BCUT2D eigenvalue weighted by Gasteiger charge is -1.99. The molecule has 90 valence electrons. The Morgan fingerprint density at radius 1 is 1.21 bits per heavy atom. The number of nitrogens with zero attached hydrogens (tertiary/aromatic N) is 3. The van der Waals surface area contributed by atoms with Crippen LogP contribution in [-0.4, -0.2) is 21.2 Å². The first kappa shape index (κ1) is 10.3. The Morgan fingerprint density at radius 3 is 3.11 bits per heavy atom. The maximum Gasteiger partial charge on any atom is 0.167 e. The summed E-state index contributed by atoms with van der Waals surface area (Å²) in [6, 6.07) is 3.90. The van der Waals surface area contributed by atoms with E-state index >= 15 is 0 Å². The normalized spacial score (nSPS) is 16.7. The lowest BCUT2D eigenvalue weighted by molar-refractivity contribution is -0.113. The van der Waals surface area contributed by atoms with E-state index in [4.69, 9.17) is 0 Å². The third-order valence-electron chi connectivity index (χ3n) is 3.49. The van der Waals surface area contributed by atoms with Crippen molar-refractivity contribution < 1.29 is 4.79 Å². The topological polar surface area (TPSA) is 55.7 Å². The summed E-state index contributed by atoms with van der Waals surface area (Å²) in [5.41, 5.74) is 2.55. The lowest BCUT2D eigenvalue weighted by atomic mass is 10.0. The van der Waals surface area contributed by atoms with Crippen LogP contribution in [0.4, 0.5) is 0 Å². The number of fused-ring (bicyclic) bond motifs is 4. The van der Waals surface area contributed by atoms with E-state index in [2.05, 4.69) is 15.4 Å². The van der Waals surface area contributed by atoms with Gasteiger partial charge in [0.2, 0.25) is 0 Å². The second kappa shape index (κ2) is 3.68. The minimum atomic E-state index is 0.149. The number of hydrogen-bond acceptors (Lipinski definition) is 4. The second-order valence-electron chi connectivity index (χ2n) is 4.60. The molecule has 19 heavy (non-hydrogen) atoms. The molecule has 0 N–H and O–H groups in total. The Hall–Kier alpha value is -2.62. The Balaban J connectivity index is 2.23. The Kier molecular flexibility index (Phi) is 2.00. The molecular weight excluding hydrogens is 238 g/mol. The molecule has 0 atom stereocenters. The molecule has 0 bridgehead atoms. The molecule has 2 aromatic rings. The van der Waals surface area contributed by atoms with Crippen LogP contribution in [0.15, 0.2) is 42.1 Å². The van der Waals surface area contributed by atoms with E-state index in [1.54, 1.807) is 6.20 Å². The van der Waals surface area contributed by atoms with Crippen molar-refractivity contribution in [2.75, 3.05) is 0 Å². The quantitative estimate of drug-likeness (QED) is 0.677. The molecule has 0 saturated heterocycles. The first-order valence-corrected chi connectivity index (χ1v) is 6.08. The third-order valence-corrected chi connectivity index (χ3v) is 3.49. The van der Waals surface area contributed by atoms with Crippen LogP contribution in [0.3, 0.4) is 0 Å². The number of ketones is 1. The molecule has 2 aliphatic carbocycles. The number of hydrogen-bond donors (Lipinski definition) is 0. The summed E-state index contributed by atoms with van der Waals surface area (Å²) in [4.78, 5) is 12.2. The average molecular weight is 247 g/mol. The molecule has 4 rings (SSSR count). The van der Waals surface area contributed by atoms with Crippen LogP contribution in [0.25, 0.3) is 22.6 Å². The minimum Gasteiger partial charge on any atom is -0.294 e. The van der Waals surface area contributed by atoms with Crippen molar-refractivity contribution in [2.45, 2.75) is 6.42 Å². The van der Waals surface area contributed by atoms with Gasteiger partial charge in [0.25, 0.3) is 0 Å². The van der Waals surface area contributed by atoms with Crippen LogP contribution in [0.5, 0.6) is 0 Å². The molecule has 4 nitrogen and oxygen atoms in total. The predicted octanol–water partition coefficient (Wildman–Crippen LogP) is 0.425. The molecule has 0 saturated carbocycles. The van der Waals surface area contributed by atoms with Crippen LogP contribution in [0, 0.1) is 0 Å². The SMILES string of the molecule is O=C1CC=CC=C2C=c3c(ccc4cnnnc34)=C12. The van der Waals surface area contributed by atoms with Gasteiger partial charge in [0.1, 0.15) is 5.52 Å². The number of carbonyl (C=O) groups is 1. The van der Waals surface area contributed by atoms with E-state index in [9.17, 15) is 4.79 Å². The van der Waals surface area contributed by atoms with Crippen molar-refractivity contribution >= 4 is 28.3 Å². The molecule has 2 aliphatic rings. The van der Waals surface area contributed by atoms with Crippen molar-refractivity contribution in [2.24, 2.45) is 0 Å². The Labute approximate surface area is 108 Å². The van der Waals surface area contributed by atoms with Crippen LogP contribution in [0.1, 0.15) is 6.42 Å². The van der Waals surface area contributed by atoms with Gasteiger partial charge in [-0.2, -0.15) is 0 Å².